The van der Waals surface area contributed by atoms with Crippen molar-refractivity contribution in [3.63, 3.8) is 0 Å². The molecule has 20 heavy (non-hydrogen) atoms. The van der Waals surface area contributed by atoms with Crippen LogP contribution in [0.1, 0.15) is 17.2 Å². The molecule has 0 aliphatic rings. The van der Waals surface area contributed by atoms with Crippen LogP contribution in [-0.4, -0.2) is 14.2 Å². The van der Waals surface area contributed by atoms with Gasteiger partial charge in [0, 0.05) is 3.57 Å². The van der Waals surface area contributed by atoms with Crippen LogP contribution in [0.5, 0.6) is 11.5 Å². The van der Waals surface area contributed by atoms with Crippen molar-refractivity contribution in [1.82, 2.24) is 0 Å². The fourth-order valence-corrected chi connectivity index (χ4v) is 2.58. The van der Waals surface area contributed by atoms with Gasteiger partial charge in [0.2, 0.25) is 0 Å². The number of halogens is 2. The summed E-state index contributed by atoms with van der Waals surface area (Å²) in [5.41, 5.74) is 8.10. The standard InChI is InChI=1S/C15H15ClINO2/c1-19-12-4-3-5-13(20-2)14(12)15(18)9-6-7-11(17)10(16)8-9/h3-8,15H,18H2,1-2H3. The minimum Gasteiger partial charge on any atom is -0.496 e. The van der Waals surface area contributed by atoms with Crippen molar-refractivity contribution in [3.8, 4) is 11.5 Å². The van der Waals surface area contributed by atoms with Gasteiger partial charge in [0.15, 0.2) is 0 Å². The van der Waals surface area contributed by atoms with E-state index in [1.54, 1.807) is 14.2 Å². The number of hydrogen-bond donors (Lipinski definition) is 1. The molecule has 2 aromatic carbocycles. The summed E-state index contributed by atoms with van der Waals surface area (Å²) in [5.74, 6) is 1.40. The van der Waals surface area contributed by atoms with Gasteiger partial charge in [0.1, 0.15) is 11.5 Å². The molecule has 5 heteroatoms. The molecule has 0 fully saturated rings. The lowest BCUT2D eigenvalue weighted by Crippen LogP contribution is -2.14. The zero-order valence-electron chi connectivity index (χ0n) is 11.2. The second-order valence-electron chi connectivity index (χ2n) is 4.23. The lowest BCUT2D eigenvalue weighted by Gasteiger charge is -2.19. The highest BCUT2D eigenvalue weighted by molar-refractivity contribution is 14.1. The summed E-state index contributed by atoms with van der Waals surface area (Å²) in [7, 11) is 3.23. The van der Waals surface area contributed by atoms with Crippen LogP contribution in [0.15, 0.2) is 36.4 Å². The molecule has 2 aromatic rings. The van der Waals surface area contributed by atoms with Gasteiger partial charge in [0.25, 0.3) is 0 Å². The molecule has 2 rings (SSSR count). The third-order valence-electron chi connectivity index (χ3n) is 3.08. The van der Waals surface area contributed by atoms with Crippen LogP contribution in [0.25, 0.3) is 0 Å². The van der Waals surface area contributed by atoms with Gasteiger partial charge < -0.3 is 15.2 Å². The fourth-order valence-electron chi connectivity index (χ4n) is 2.06. The van der Waals surface area contributed by atoms with Crippen LogP contribution < -0.4 is 15.2 Å². The van der Waals surface area contributed by atoms with E-state index in [0.29, 0.717) is 16.5 Å². The average Bonchev–Trinajstić information content (AvgIpc) is 2.48. The fraction of sp³-hybridized carbons (Fsp3) is 0.200. The lowest BCUT2D eigenvalue weighted by atomic mass is 9.98. The van der Waals surface area contributed by atoms with Gasteiger partial charge in [-0.25, -0.2) is 0 Å². The molecule has 106 valence electrons. The molecular weight excluding hydrogens is 389 g/mol. The second kappa shape index (κ2) is 6.65. The van der Waals surface area contributed by atoms with E-state index in [2.05, 4.69) is 22.6 Å². The first-order valence-corrected chi connectivity index (χ1v) is 7.45. The number of benzene rings is 2. The van der Waals surface area contributed by atoms with Crippen molar-refractivity contribution in [2.75, 3.05) is 14.2 Å². The lowest BCUT2D eigenvalue weighted by molar-refractivity contribution is 0.382. The van der Waals surface area contributed by atoms with Crippen LogP contribution in [0.4, 0.5) is 0 Å². The normalized spacial score (nSPS) is 12.1. The van der Waals surface area contributed by atoms with Crippen molar-refractivity contribution >= 4 is 34.2 Å². The first-order chi connectivity index (χ1) is 9.58. The molecule has 1 unspecified atom stereocenters. The SMILES string of the molecule is COc1cccc(OC)c1C(N)c1ccc(I)c(Cl)c1. The molecule has 2 N–H and O–H groups in total. The summed E-state index contributed by atoms with van der Waals surface area (Å²) in [5, 5.41) is 0.687. The molecule has 0 radical (unpaired) electrons. The molecule has 0 bridgehead atoms. The van der Waals surface area contributed by atoms with Crippen molar-refractivity contribution in [2.24, 2.45) is 5.73 Å². The van der Waals surface area contributed by atoms with Crippen LogP contribution >= 0.6 is 34.2 Å². The maximum Gasteiger partial charge on any atom is 0.127 e. The Morgan fingerprint density at radius 1 is 1.10 bits per heavy atom. The molecule has 0 aliphatic carbocycles. The van der Waals surface area contributed by atoms with E-state index in [1.807, 2.05) is 36.4 Å². The van der Waals surface area contributed by atoms with Crippen molar-refractivity contribution < 1.29 is 9.47 Å². The Hall–Kier alpha value is -0.980. The quantitative estimate of drug-likeness (QED) is 0.785. The van der Waals surface area contributed by atoms with E-state index in [4.69, 9.17) is 26.8 Å². The highest BCUT2D eigenvalue weighted by Crippen LogP contribution is 2.36. The Kier molecular flexibility index (Phi) is 5.12. The molecule has 0 amide bonds. The van der Waals surface area contributed by atoms with Gasteiger partial charge in [-0.15, -0.1) is 0 Å². The Morgan fingerprint density at radius 2 is 1.70 bits per heavy atom. The largest absolute Gasteiger partial charge is 0.496 e. The van der Waals surface area contributed by atoms with E-state index in [-0.39, 0.29) is 6.04 Å². The summed E-state index contributed by atoms with van der Waals surface area (Å²) in [6, 6.07) is 11.0. The molecule has 0 aliphatic heterocycles. The van der Waals surface area contributed by atoms with Crippen LogP contribution in [0.2, 0.25) is 5.02 Å². The minimum absolute atomic E-state index is 0.365. The molecule has 0 spiro atoms. The third-order valence-corrected chi connectivity index (χ3v) is 4.65. The minimum atomic E-state index is -0.365. The molecular formula is C15H15ClINO2. The Bertz CT molecular complexity index is 597. The van der Waals surface area contributed by atoms with Crippen LogP contribution in [0, 0.1) is 3.57 Å². The molecule has 0 heterocycles. The number of ether oxygens (including phenoxy) is 2. The maximum atomic E-state index is 6.37. The van der Waals surface area contributed by atoms with E-state index in [1.165, 1.54) is 0 Å². The van der Waals surface area contributed by atoms with Gasteiger partial charge >= 0.3 is 0 Å². The smallest absolute Gasteiger partial charge is 0.127 e. The first kappa shape index (κ1) is 15.4. The average molecular weight is 404 g/mol. The van der Waals surface area contributed by atoms with Gasteiger partial charge in [-0.2, -0.15) is 0 Å². The van der Waals surface area contributed by atoms with Crippen molar-refractivity contribution in [2.45, 2.75) is 6.04 Å². The van der Waals surface area contributed by atoms with Gasteiger partial charge in [-0.05, 0) is 52.4 Å². The van der Waals surface area contributed by atoms with Crippen LogP contribution in [0.3, 0.4) is 0 Å². The molecule has 0 saturated heterocycles. The zero-order valence-corrected chi connectivity index (χ0v) is 14.1. The van der Waals surface area contributed by atoms with E-state index in [9.17, 15) is 0 Å². The highest BCUT2D eigenvalue weighted by atomic mass is 127. The second-order valence-corrected chi connectivity index (χ2v) is 5.80. The topological polar surface area (TPSA) is 44.5 Å². The van der Waals surface area contributed by atoms with Crippen LogP contribution in [-0.2, 0) is 0 Å². The number of hydrogen-bond acceptors (Lipinski definition) is 3. The summed E-state index contributed by atoms with van der Waals surface area (Å²) < 4.78 is 11.8. The summed E-state index contributed by atoms with van der Waals surface area (Å²) in [4.78, 5) is 0. The Balaban J connectivity index is 2.51. The maximum absolute atomic E-state index is 6.37. The predicted molar refractivity (Wildman–Crippen MR) is 89.7 cm³/mol. The third kappa shape index (κ3) is 3.02. The van der Waals surface area contributed by atoms with Crippen molar-refractivity contribution in [3.05, 3.63) is 56.1 Å². The molecule has 1 atom stereocenters. The van der Waals surface area contributed by atoms with E-state index < -0.39 is 0 Å². The predicted octanol–water partition coefficient (Wildman–Crippen LogP) is 4.01. The number of rotatable bonds is 4. The molecule has 0 aromatic heterocycles. The zero-order chi connectivity index (χ0) is 14.7. The highest BCUT2D eigenvalue weighted by Gasteiger charge is 2.19. The van der Waals surface area contributed by atoms with Gasteiger partial charge in [-0.1, -0.05) is 23.7 Å². The summed E-state index contributed by atoms with van der Waals surface area (Å²) in [6.07, 6.45) is 0. The van der Waals surface area contributed by atoms with E-state index >= 15 is 0 Å². The van der Waals surface area contributed by atoms with Gasteiger partial charge in [0.05, 0.1) is 30.8 Å². The molecule has 3 nitrogen and oxygen atoms in total. The first-order valence-electron chi connectivity index (χ1n) is 6.00. The monoisotopic (exact) mass is 403 g/mol. The van der Waals surface area contributed by atoms with E-state index in [0.717, 1.165) is 14.7 Å². The van der Waals surface area contributed by atoms with Crippen molar-refractivity contribution in [1.29, 1.82) is 0 Å². The number of methoxy groups -OCH3 is 2. The molecule has 0 saturated carbocycles. The summed E-state index contributed by atoms with van der Waals surface area (Å²) in [6.45, 7) is 0. The Labute approximate surface area is 137 Å². The number of nitrogens with two attached hydrogens (primary N) is 1. The Morgan fingerprint density at radius 3 is 2.20 bits per heavy atom. The summed E-state index contributed by atoms with van der Waals surface area (Å²) >= 11 is 8.35. The van der Waals surface area contributed by atoms with Gasteiger partial charge in [-0.3, -0.25) is 0 Å².